The number of carbonyl (C=O) groups is 1. The quantitative estimate of drug-likeness (QED) is 0.218. The van der Waals surface area contributed by atoms with Gasteiger partial charge in [-0.25, -0.2) is 0 Å². The van der Waals surface area contributed by atoms with Gasteiger partial charge in [0.25, 0.3) is 5.97 Å². The highest BCUT2D eigenvalue weighted by Crippen LogP contribution is 2.14. The lowest BCUT2D eigenvalue weighted by Gasteiger charge is -2.12. The Bertz CT molecular complexity index is 297. The molecular weight excluding hydrogens is 316 g/mol. The summed E-state index contributed by atoms with van der Waals surface area (Å²) >= 11 is 0. The minimum Gasteiger partial charge on any atom is -0.344 e. The van der Waals surface area contributed by atoms with E-state index in [9.17, 15) is 4.79 Å². The van der Waals surface area contributed by atoms with Gasteiger partial charge in [-0.1, -0.05) is 84.0 Å². The monoisotopic (exact) mass is 358 g/mol. The fourth-order valence-corrected chi connectivity index (χ4v) is 3.15. The van der Waals surface area contributed by atoms with Crippen LogP contribution in [0.4, 0.5) is 0 Å². The molecule has 4 heteroatoms. The Labute approximate surface area is 155 Å². The molecule has 0 fully saturated rings. The van der Waals surface area contributed by atoms with Gasteiger partial charge in [0.05, 0.1) is 0 Å². The van der Waals surface area contributed by atoms with Crippen LogP contribution >= 0.6 is 0 Å². The molecule has 0 aliphatic rings. The number of aliphatic hydroxyl groups is 3. The molecule has 0 heterocycles. The minimum absolute atomic E-state index is 0.0982. The van der Waals surface area contributed by atoms with Gasteiger partial charge in [-0.2, -0.15) is 0 Å². The molecule has 0 aliphatic carbocycles. The van der Waals surface area contributed by atoms with Crippen molar-refractivity contribution >= 4 is 5.78 Å². The Kier molecular flexibility index (Phi) is 16.7. The van der Waals surface area contributed by atoms with Gasteiger partial charge in [0.2, 0.25) is 0 Å². The maximum Gasteiger partial charge on any atom is 0.275 e. The molecule has 0 amide bonds. The Morgan fingerprint density at radius 1 is 0.600 bits per heavy atom. The molecule has 0 aliphatic heterocycles. The number of rotatable bonds is 19. The average Bonchev–Trinajstić information content (AvgIpc) is 2.55. The smallest absolute Gasteiger partial charge is 0.275 e. The Morgan fingerprint density at radius 2 is 0.960 bits per heavy atom. The zero-order chi connectivity index (χ0) is 18.8. The van der Waals surface area contributed by atoms with Crippen molar-refractivity contribution in [2.75, 3.05) is 0 Å². The molecule has 0 bridgehead atoms. The van der Waals surface area contributed by atoms with Crippen molar-refractivity contribution in [2.24, 2.45) is 0 Å². The van der Waals surface area contributed by atoms with Gasteiger partial charge in [0, 0.05) is 19.3 Å². The fraction of sp³-hybridized carbons (Fsp3) is 0.952. The van der Waals surface area contributed by atoms with Crippen LogP contribution in [0, 0.1) is 0 Å². The van der Waals surface area contributed by atoms with Gasteiger partial charge in [-0.3, -0.25) is 4.79 Å². The van der Waals surface area contributed by atoms with Crippen LogP contribution in [0.3, 0.4) is 0 Å². The number of hydrogen-bond donors (Lipinski definition) is 3. The van der Waals surface area contributed by atoms with Gasteiger partial charge in [0.1, 0.15) is 5.78 Å². The second-order valence-electron chi connectivity index (χ2n) is 7.51. The predicted octanol–water partition coefficient (Wildman–Crippen LogP) is 5.23. The van der Waals surface area contributed by atoms with E-state index in [1.54, 1.807) is 0 Å². The SMILES string of the molecule is CCCCCCCCCCCCCCCC(=O)CCCCC(O)(O)O. The van der Waals surface area contributed by atoms with Crippen molar-refractivity contribution in [1.29, 1.82) is 0 Å². The summed E-state index contributed by atoms with van der Waals surface area (Å²) in [6.07, 6.45) is 19.1. The standard InChI is InChI=1S/C21H42O4/c1-2-3-4-5-6-7-8-9-10-11-12-13-14-17-20(22)18-15-16-19-21(23,24)25/h23-25H,2-19H2,1H3. The van der Waals surface area contributed by atoms with E-state index >= 15 is 0 Å². The summed E-state index contributed by atoms with van der Waals surface area (Å²) in [7, 11) is 0. The van der Waals surface area contributed by atoms with E-state index < -0.39 is 5.97 Å². The maximum absolute atomic E-state index is 11.7. The summed E-state index contributed by atoms with van der Waals surface area (Å²) in [6.45, 7) is 2.26. The summed E-state index contributed by atoms with van der Waals surface area (Å²) < 4.78 is 0. The lowest BCUT2D eigenvalue weighted by atomic mass is 10.0. The first-order valence-corrected chi connectivity index (χ1v) is 10.6. The molecule has 0 saturated carbocycles. The number of hydrogen-bond acceptors (Lipinski definition) is 4. The Hall–Kier alpha value is -0.450. The number of Topliss-reactive ketones (excluding diaryl/α,β-unsaturated/α-hetero) is 1. The Balaban J connectivity index is 3.18. The molecule has 4 nitrogen and oxygen atoms in total. The van der Waals surface area contributed by atoms with Crippen LogP contribution in [0.1, 0.15) is 122 Å². The zero-order valence-electron chi connectivity index (χ0n) is 16.5. The van der Waals surface area contributed by atoms with Crippen molar-refractivity contribution in [3.63, 3.8) is 0 Å². The molecule has 0 radical (unpaired) electrons. The molecule has 0 saturated heterocycles. The van der Waals surface area contributed by atoms with Crippen molar-refractivity contribution in [3.8, 4) is 0 Å². The summed E-state index contributed by atoms with van der Waals surface area (Å²) in [5, 5.41) is 26.2. The second-order valence-corrected chi connectivity index (χ2v) is 7.51. The number of carbonyl (C=O) groups excluding carboxylic acids is 1. The molecule has 0 spiro atoms. The van der Waals surface area contributed by atoms with Gasteiger partial charge in [0.15, 0.2) is 0 Å². The molecule has 0 atom stereocenters. The second kappa shape index (κ2) is 17.0. The molecule has 0 unspecified atom stereocenters. The van der Waals surface area contributed by atoms with Crippen LogP contribution in [0.2, 0.25) is 0 Å². The molecule has 150 valence electrons. The Morgan fingerprint density at radius 3 is 1.36 bits per heavy atom. The van der Waals surface area contributed by atoms with Crippen LogP contribution < -0.4 is 0 Å². The fourth-order valence-electron chi connectivity index (χ4n) is 3.15. The van der Waals surface area contributed by atoms with E-state index in [0.29, 0.717) is 25.7 Å². The largest absolute Gasteiger partial charge is 0.344 e. The van der Waals surface area contributed by atoms with Crippen LogP contribution in [0.5, 0.6) is 0 Å². The molecule has 0 aromatic carbocycles. The number of unbranched alkanes of at least 4 members (excludes halogenated alkanes) is 13. The van der Waals surface area contributed by atoms with Crippen LogP contribution in [-0.4, -0.2) is 27.1 Å². The third-order valence-corrected chi connectivity index (χ3v) is 4.78. The summed E-state index contributed by atoms with van der Waals surface area (Å²) in [6, 6.07) is 0. The molecule has 0 aromatic heterocycles. The first kappa shape index (κ1) is 24.6. The van der Waals surface area contributed by atoms with E-state index in [-0.39, 0.29) is 12.2 Å². The summed E-state index contributed by atoms with van der Waals surface area (Å²) in [5.41, 5.74) is 0. The third kappa shape index (κ3) is 21.5. The summed E-state index contributed by atoms with van der Waals surface area (Å²) in [5.74, 6) is -2.33. The van der Waals surface area contributed by atoms with Crippen molar-refractivity contribution in [3.05, 3.63) is 0 Å². The maximum atomic E-state index is 11.7. The highest BCUT2D eigenvalue weighted by atomic mass is 16.7. The van der Waals surface area contributed by atoms with Crippen molar-refractivity contribution in [1.82, 2.24) is 0 Å². The van der Waals surface area contributed by atoms with Crippen LogP contribution in [0.15, 0.2) is 0 Å². The van der Waals surface area contributed by atoms with Gasteiger partial charge in [-0.05, 0) is 19.3 Å². The molecule has 3 N–H and O–H groups in total. The predicted molar refractivity (Wildman–Crippen MR) is 103 cm³/mol. The number of ketones is 1. The van der Waals surface area contributed by atoms with E-state index in [2.05, 4.69) is 6.92 Å². The highest BCUT2D eigenvalue weighted by molar-refractivity contribution is 5.78. The third-order valence-electron chi connectivity index (χ3n) is 4.78. The minimum atomic E-state index is -2.59. The van der Waals surface area contributed by atoms with Gasteiger partial charge >= 0.3 is 0 Å². The topological polar surface area (TPSA) is 77.8 Å². The van der Waals surface area contributed by atoms with E-state index in [0.717, 1.165) is 12.8 Å². The van der Waals surface area contributed by atoms with Gasteiger partial charge < -0.3 is 15.3 Å². The van der Waals surface area contributed by atoms with E-state index in [4.69, 9.17) is 15.3 Å². The zero-order valence-corrected chi connectivity index (χ0v) is 16.5. The molecule has 0 aromatic rings. The average molecular weight is 359 g/mol. The highest BCUT2D eigenvalue weighted by Gasteiger charge is 2.16. The van der Waals surface area contributed by atoms with Crippen LogP contribution in [-0.2, 0) is 4.79 Å². The normalized spacial score (nSPS) is 11.8. The van der Waals surface area contributed by atoms with Crippen LogP contribution in [0.25, 0.3) is 0 Å². The van der Waals surface area contributed by atoms with Crippen molar-refractivity contribution < 1.29 is 20.1 Å². The van der Waals surface area contributed by atoms with Gasteiger partial charge in [-0.15, -0.1) is 0 Å². The first-order chi connectivity index (χ1) is 12.0. The van der Waals surface area contributed by atoms with E-state index in [1.807, 2.05) is 0 Å². The van der Waals surface area contributed by atoms with Crippen molar-refractivity contribution in [2.45, 2.75) is 128 Å². The lowest BCUT2D eigenvalue weighted by molar-refractivity contribution is -0.315. The first-order valence-electron chi connectivity index (χ1n) is 10.6. The van der Waals surface area contributed by atoms with E-state index in [1.165, 1.54) is 70.6 Å². The molecule has 0 rings (SSSR count). The summed E-state index contributed by atoms with van der Waals surface area (Å²) in [4.78, 5) is 11.7. The molecular formula is C21H42O4. The molecule has 25 heavy (non-hydrogen) atoms. The lowest BCUT2D eigenvalue weighted by Crippen LogP contribution is -2.26.